The molecule has 1 N–H and O–H groups in total. The van der Waals surface area contributed by atoms with Crippen LogP contribution in [0.5, 0.6) is 5.75 Å². The molecule has 0 saturated heterocycles. The second-order valence-corrected chi connectivity index (χ2v) is 2.95. The Balaban J connectivity index is 2.75. The molecule has 2 heteroatoms. The van der Waals surface area contributed by atoms with Crippen molar-refractivity contribution in [2.75, 3.05) is 0 Å². The maximum absolute atomic E-state index is 10.3. The Morgan fingerprint density at radius 1 is 1.50 bits per heavy atom. The minimum atomic E-state index is -0.0294. The Labute approximate surface area is 71.8 Å². The second kappa shape index (κ2) is 3.90. The largest absolute Gasteiger partial charge is 0.508 e. The summed E-state index contributed by atoms with van der Waals surface area (Å²) >= 11 is 0. The average Bonchev–Trinajstić information content (AvgIpc) is 2.09. The molecule has 0 saturated carbocycles. The van der Waals surface area contributed by atoms with Crippen molar-refractivity contribution in [3.8, 4) is 5.75 Å². The monoisotopic (exact) mass is 164 g/mol. The molecule has 1 aromatic rings. The Bertz CT molecular complexity index is 268. The molecule has 0 spiro atoms. The summed E-state index contributed by atoms with van der Waals surface area (Å²) in [6.45, 7) is 1.83. The lowest BCUT2D eigenvalue weighted by Crippen LogP contribution is -2.00. The van der Waals surface area contributed by atoms with Crippen molar-refractivity contribution in [1.29, 1.82) is 0 Å². The van der Waals surface area contributed by atoms with Crippen LogP contribution in [0.4, 0.5) is 0 Å². The normalized spacial score (nSPS) is 12.4. The summed E-state index contributed by atoms with van der Waals surface area (Å²) in [5.41, 5.74) is 0.831. The predicted molar refractivity (Wildman–Crippen MR) is 47.0 cm³/mol. The summed E-state index contributed by atoms with van der Waals surface area (Å²) in [4.78, 5) is 10.3. The van der Waals surface area contributed by atoms with E-state index >= 15 is 0 Å². The van der Waals surface area contributed by atoms with Gasteiger partial charge in [0, 0.05) is 5.92 Å². The van der Waals surface area contributed by atoms with Gasteiger partial charge in [0.05, 0.1) is 0 Å². The number of hydrogen-bond donors (Lipinski definition) is 1. The van der Waals surface area contributed by atoms with Gasteiger partial charge in [-0.15, -0.1) is 0 Å². The van der Waals surface area contributed by atoms with Crippen molar-refractivity contribution in [2.45, 2.75) is 13.3 Å². The van der Waals surface area contributed by atoms with E-state index in [1.54, 1.807) is 12.1 Å². The first-order valence-electron chi connectivity index (χ1n) is 3.96. The molecule has 0 aliphatic heterocycles. The van der Waals surface area contributed by atoms with Gasteiger partial charge in [0.2, 0.25) is 0 Å². The van der Waals surface area contributed by atoms with Crippen molar-refractivity contribution in [2.24, 2.45) is 5.92 Å². The van der Waals surface area contributed by atoms with Crippen LogP contribution in [-0.4, -0.2) is 11.4 Å². The van der Waals surface area contributed by atoms with Crippen molar-refractivity contribution < 1.29 is 9.90 Å². The van der Waals surface area contributed by atoms with Gasteiger partial charge in [0.25, 0.3) is 0 Å². The SMILES string of the molecule is CC(C=O)Cc1ccccc1O. The van der Waals surface area contributed by atoms with Crippen LogP contribution >= 0.6 is 0 Å². The number of aromatic hydroxyl groups is 1. The minimum Gasteiger partial charge on any atom is -0.508 e. The molecule has 0 heterocycles. The number of aldehydes is 1. The summed E-state index contributed by atoms with van der Waals surface area (Å²) in [7, 11) is 0. The fourth-order valence-electron chi connectivity index (χ4n) is 1.08. The molecular formula is C10H12O2. The molecule has 0 aliphatic carbocycles. The standard InChI is InChI=1S/C10H12O2/c1-8(7-11)6-9-4-2-3-5-10(9)12/h2-5,7-8,12H,6H2,1H3. The van der Waals surface area contributed by atoms with Crippen LogP contribution in [0.3, 0.4) is 0 Å². The lowest BCUT2D eigenvalue weighted by atomic mass is 10.0. The first-order chi connectivity index (χ1) is 5.74. The van der Waals surface area contributed by atoms with Crippen LogP contribution in [0.25, 0.3) is 0 Å². The zero-order chi connectivity index (χ0) is 8.97. The number of phenols is 1. The van der Waals surface area contributed by atoms with Crippen LogP contribution in [-0.2, 0) is 11.2 Å². The van der Waals surface area contributed by atoms with Gasteiger partial charge in [-0.1, -0.05) is 25.1 Å². The summed E-state index contributed by atoms with van der Waals surface area (Å²) < 4.78 is 0. The maximum Gasteiger partial charge on any atom is 0.123 e. The van der Waals surface area contributed by atoms with E-state index in [1.807, 2.05) is 19.1 Å². The molecule has 12 heavy (non-hydrogen) atoms. The van der Waals surface area contributed by atoms with Crippen LogP contribution < -0.4 is 0 Å². The van der Waals surface area contributed by atoms with Gasteiger partial charge in [-0.2, -0.15) is 0 Å². The first-order valence-corrected chi connectivity index (χ1v) is 3.96. The summed E-state index contributed by atoms with van der Waals surface area (Å²) in [6.07, 6.45) is 1.50. The van der Waals surface area contributed by atoms with E-state index in [-0.39, 0.29) is 11.7 Å². The van der Waals surface area contributed by atoms with E-state index in [1.165, 1.54) is 0 Å². The van der Waals surface area contributed by atoms with Crippen LogP contribution in [0.1, 0.15) is 12.5 Å². The van der Waals surface area contributed by atoms with Gasteiger partial charge in [-0.05, 0) is 18.1 Å². The zero-order valence-electron chi connectivity index (χ0n) is 7.03. The minimum absolute atomic E-state index is 0.0294. The highest BCUT2D eigenvalue weighted by atomic mass is 16.3. The highest BCUT2D eigenvalue weighted by Crippen LogP contribution is 2.18. The molecule has 0 aromatic heterocycles. The van der Waals surface area contributed by atoms with Crippen LogP contribution in [0.15, 0.2) is 24.3 Å². The van der Waals surface area contributed by atoms with Crippen molar-refractivity contribution in [1.82, 2.24) is 0 Å². The van der Waals surface area contributed by atoms with E-state index in [0.717, 1.165) is 11.8 Å². The summed E-state index contributed by atoms with van der Waals surface area (Å²) in [6, 6.07) is 7.08. The smallest absolute Gasteiger partial charge is 0.123 e. The molecule has 1 aromatic carbocycles. The molecular weight excluding hydrogens is 152 g/mol. The molecule has 1 rings (SSSR count). The van der Waals surface area contributed by atoms with E-state index in [2.05, 4.69) is 0 Å². The maximum atomic E-state index is 10.3. The van der Waals surface area contributed by atoms with Crippen molar-refractivity contribution >= 4 is 6.29 Å². The van der Waals surface area contributed by atoms with Gasteiger partial charge in [0.15, 0.2) is 0 Å². The average molecular weight is 164 g/mol. The molecule has 0 aliphatic rings. The lowest BCUT2D eigenvalue weighted by Gasteiger charge is -2.05. The van der Waals surface area contributed by atoms with Crippen LogP contribution in [0.2, 0.25) is 0 Å². The number of phenolic OH excluding ortho intramolecular Hbond substituents is 1. The predicted octanol–water partition coefficient (Wildman–Crippen LogP) is 1.77. The molecule has 0 fully saturated rings. The molecule has 0 radical (unpaired) electrons. The fourth-order valence-corrected chi connectivity index (χ4v) is 1.08. The lowest BCUT2D eigenvalue weighted by molar-refractivity contribution is -0.110. The van der Waals surface area contributed by atoms with Gasteiger partial charge in [-0.25, -0.2) is 0 Å². The number of hydrogen-bond acceptors (Lipinski definition) is 2. The van der Waals surface area contributed by atoms with Gasteiger partial charge in [-0.3, -0.25) is 0 Å². The van der Waals surface area contributed by atoms with Gasteiger partial charge in [0.1, 0.15) is 12.0 Å². The van der Waals surface area contributed by atoms with E-state index in [4.69, 9.17) is 0 Å². The molecule has 64 valence electrons. The highest BCUT2D eigenvalue weighted by molar-refractivity contribution is 5.54. The number of carbonyl (C=O) groups excluding carboxylic acids is 1. The molecule has 1 atom stereocenters. The quantitative estimate of drug-likeness (QED) is 0.691. The third kappa shape index (κ3) is 2.09. The zero-order valence-corrected chi connectivity index (χ0v) is 7.03. The number of benzene rings is 1. The van der Waals surface area contributed by atoms with Crippen LogP contribution in [0, 0.1) is 5.92 Å². The Morgan fingerprint density at radius 3 is 2.75 bits per heavy atom. The summed E-state index contributed by atoms with van der Waals surface area (Å²) in [5, 5.41) is 9.34. The van der Waals surface area contributed by atoms with Crippen molar-refractivity contribution in [3.05, 3.63) is 29.8 Å². The Hall–Kier alpha value is -1.31. The van der Waals surface area contributed by atoms with Gasteiger partial charge >= 0.3 is 0 Å². The Kier molecular flexibility index (Phi) is 2.86. The molecule has 0 amide bonds. The van der Waals surface area contributed by atoms with E-state index in [0.29, 0.717) is 6.42 Å². The number of carbonyl (C=O) groups is 1. The number of para-hydroxylation sites is 1. The molecule has 0 bridgehead atoms. The van der Waals surface area contributed by atoms with Gasteiger partial charge < -0.3 is 9.90 Å². The summed E-state index contributed by atoms with van der Waals surface area (Å²) in [5.74, 6) is 0.240. The third-order valence-electron chi connectivity index (χ3n) is 1.77. The Morgan fingerprint density at radius 2 is 2.17 bits per heavy atom. The topological polar surface area (TPSA) is 37.3 Å². The molecule has 1 unspecified atom stereocenters. The third-order valence-corrected chi connectivity index (χ3v) is 1.77. The highest BCUT2D eigenvalue weighted by Gasteiger charge is 2.04. The first kappa shape index (κ1) is 8.78. The fraction of sp³-hybridized carbons (Fsp3) is 0.300. The molecule has 2 nitrogen and oxygen atoms in total. The van der Waals surface area contributed by atoms with E-state index < -0.39 is 0 Å². The van der Waals surface area contributed by atoms with E-state index in [9.17, 15) is 9.90 Å². The second-order valence-electron chi connectivity index (χ2n) is 2.95. The van der Waals surface area contributed by atoms with Crippen molar-refractivity contribution in [3.63, 3.8) is 0 Å². The number of rotatable bonds is 3.